The summed E-state index contributed by atoms with van der Waals surface area (Å²) < 4.78 is 0. The van der Waals surface area contributed by atoms with Crippen molar-refractivity contribution in [3.05, 3.63) is 39.4 Å². The van der Waals surface area contributed by atoms with Crippen LogP contribution in [0.25, 0.3) is 0 Å². The van der Waals surface area contributed by atoms with Crippen LogP contribution in [0.1, 0.15) is 22.8 Å². The van der Waals surface area contributed by atoms with Crippen molar-refractivity contribution in [2.45, 2.75) is 13.8 Å². The Balaban J connectivity index is 3.01. The fourth-order valence-corrected chi connectivity index (χ4v) is 1.26. The van der Waals surface area contributed by atoms with E-state index in [4.69, 9.17) is 4.84 Å². The van der Waals surface area contributed by atoms with Gasteiger partial charge in [0.15, 0.2) is 0 Å². The number of carbonyl (C=O) groups is 1. The number of nitrogens with zero attached hydrogens (tertiary/aromatic N) is 1. The highest BCUT2D eigenvalue weighted by Gasteiger charge is 2.17. The molecular formula is C10H12N2O4. The molecule has 0 saturated carbocycles. The maximum atomic E-state index is 11.5. The average Bonchev–Trinajstić information content (AvgIpc) is 2.25. The molecule has 1 aromatic carbocycles. The highest BCUT2D eigenvalue weighted by Crippen LogP contribution is 2.20. The first-order valence-corrected chi connectivity index (χ1v) is 4.74. The molecule has 0 aliphatic carbocycles. The lowest BCUT2D eigenvalue weighted by Gasteiger charge is -2.06. The van der Waals surface area contributed by atoms with Crippen molar-refractivity contribution in [1.29, 1.82) is 0 Å². The van der Waals surface area contributed by atoms with Gasteiger partial charge in [-0.1, -0.05) is 6.07 Å². The Morgan fingerprint density at radius 2 is 2.25 bits per heavy atom. The number of rotatable bonds is 4. The van der Waals surface area contributed by atoms with Gasteiger partial charge in [0.25, 0.3) is 11.6 Å². The molecule has 0 unspecified atom stereocenters. The van der Waals surface area contributed by atoms with E-state index in [1.54, 1.807) is 6.92 Å². The Morgan fingerprint density at radius 3 is 2.81 bits per heavy atom. The van der Waals surface area contributed by atoms with Crippen molar-refractivity contribution in [2.75, 3.05) is 6.61 Å². The summed E-state index contributed by atoms with van der Waals surface area (Å²) in [6.07, 6.45) is 0. The van der Waals surface area contributed by atoms with E-state index in [1.165, 1.54) is 25.1 Å². The van der Waals surface area contributed by atoms with Crippen molar-refractivity contribution >= 4 is 11.6 Å². The number of benzene rings is 1. The van der Waals surface area contributed by atoms with Gasteiger partial charge in [0.1, 0.15) is 0 Å². The first-order valence-electron chi connectivity index (χ1n) is 4.74. The van der Waals surface area contributed by atoms with Gasteiger partial charge in [-0.2, -0.15) is 0 Å². The lowest BCUT2D eigenvalue weighted by atomic mass is 10.1. The van der Waals surface area contributed by atoms with Crippen molar-refractivity contribution in [1.82, 2.24) is 5.48 Å². The molecule has 0 aliphatic rings. The number of nitro benzene ring substituents is 1. The predicted molar refractivity (Wildman–Crippen MR) is 56.9 cm³/mol. The fraction of sp³-hybridized carbons (Fsp3) is 0.300. The summed E-state index contributed by atoms with van der Waals surface area (Å²) in [6, 6.07) is 4.33. The van der Waals surface area contributed by atoms with Crippen LogP contribution in [-0.2, 0) is 4.84 Å². The monoisotopic (exact) mass is 224 g/mol. The molecule has 1 aromatic rings. The molecule has 0 spiro atoms. The standard InChI is InChI=1S/C10H12N2O4/c1-3-16-11-10(13)8-5-4-6-9(7(8)2)12(14)15/h4-6H,3H2,1-2H3,(H,11,13). The first-order chi connectivity index (χ1) is 7.57. The van der Waals surface area contributed by atoms with Gasteiger partial charge in [-0.15, -0.1) is 0 Å². The van der Waals surface area contributed by atoms with Crippen LogP contribution in [0, 0.1) is 17.0 Å². The number of carbonyl (C=O) groups excluding carboxylic acids is 1. The lowest BCUT2D eigenvalue weighted by Crippen LogP contribution is -2.24. The van der Waals surface area contributed by atoms with Gasteiger partial charge in [0.2, 0.25) is 0 Å². The summed E-state index contributed by atoms with van der Waals surface area (Å²) in [5.41, 5.74) is 2.68. The fourth-order valence-electron chi connectivity index (χ4n) is 1.26. The highest BCUT2D eigenvalue weighted by molar-refractivity contribution is 5.95. The maximum absolute atomic E-state index is 11.5. The van der Waals surface area contributed by atoms with Gasteiger partial charge < -0.3 is 0 Å². The van der Waals surface area contributed by atoms with E-state index in [0.29, 0.717) is 12.2 Å². The zero-order valence-corrected chi connectivity index (χ0v) is 9.02. The second-order valence-corrected chi connectivity index (χ2v) is 3.07. The largest absolute Gasteiger partial charge is 0.275 e. The molecule has 6 nitrogen and oxygen atoms in total. The highest BCUT2D eigenvalue weighted by atomic mass is 16.6. The minimum Gasteiger partial charge on any atom is -0.274 e. The zero-order valence-electron chi connectivity index (χ0n) is 9.02. The van der Waals surface area contributed by atoms with Crippen molar-refractivity contribution in [2.24, 2.45) is 0 Å². The number of nitrogens with one attached hydrogen (secondary N) is 1. The Kier molecular flexibility index (Phi) is 3.96. The number of hydrogen-bond donors (Lipinski definition) is 1. The summed E-state index contributed by atoms with van der Waals surface area (Å²) >= 11 is 0. The predicted octanol–water partition coefficient (Wildman–Crippen LogP) is 1.58. The normalized spacial score (nSPS) is 9.88. The summed E-state index contributed by atoms with van der Waals surface area (Å²) in [4.78, 5) is 26.4. The molecule has 0 heterocycles. The van der Waals surface area contributed by atoms with Gasteiger partial charge in [0, 0.05) is 11.6 Å². The maximum Gasteiger partial charge on any atom is 0.275 e. The second kappa shape index (κ2) is 5.22. The zero-order chi connectivity index (χ0) is 12.1. The quantitative estimate of drug-likeness (QED) is 0.621. The molecule has 0 fully saturated rings. The summed E-state index contributed by atoms with van der Waals surface area (Å²) in [7, 11) is 0. The average molecular weight is 224 g/mol. The Hall–Kier alpha value is -1.95. The van der Waals surface area contributed by atoms with E-state index >= 15 is 0 Å². The van der Waals surface area contributed by atoms with E-state index in [9.17, 15) is 14.9 Å². The molecule has 0 aromatic heterocycles. The van der Waals surface area contributed by atoms with E-state index in [1.807, 2.05) is 0 Å². The third kappa shape index (κ3) is 2.54. The van der Waals surface area contributed by atoms with Crippen molar-refractivity contribution in [3.63, 3.8) is 0 Å². The van der Waals surface area contributed by atoms with Crippen LogP contribution >= 0.6 is 0 Å². The van der Waals surface area contributed by atoms with Crippen molar-refractivity contribution < 1.29 is 14.6 Å². The van der Waals surface area contributed by atoms with Gasteiger partial charge in [0.05, 0.1) is 17.1 Å². The third-order valence-corrected chi connectivity index (χ3v) is 2.06. The van der Waals surface area contributed by atoms with E-state index in [2.05, 4.69) is 5.48 Å². The third-order valence-electron chi connectivity index (χ3n) is 2.06. The van der Waals surface area contributed by atoms with Crippen LogP contribution < -0.4 is 5.48 Å². The van der Waals surface area contributed by atoms with E-state index in [0.717, 1.165) is 0 Å². The van der Waals surface area contributed by atoms with Crippen LogP contribution in [-0.4, -0.2) is 17.4 Å². The molecule has 86 valence electrons. The van der Waals surface area contributed by atoms with Crippen LogP contribution in [0.3, 0.4) is 0 Å². The Morgan fingerprint density at radius 1 is 1.56 bits per heavy atom. The van der Waals surface area contributed by atoms with E-state index in [-0.39, 0.29) is 11.3 Å². The summed E-state index contributed by atoms with van der Waals surface area (Å²) in [5, 5.41) is 10.7. The molecule has 0 saturated heterocycles. The molecule has 1 N–H and O–H groups in total. The first kappa shape index (κ1) is 12.1. The summed E-state index contributed by atoms with van der Waals surface area (Å²) in [5.74, 6) is -0.483. The SMILES string of the molecule is CCONC(=O)c1cccc([N+](=O)[O-])c1C. The number of hydroxylamine groups is 1. The molecular weight excluding hydrogens is 212 g/mol. The summed E-state index contributed by atoms with van der Waals surface area (Å²) in [6.45, 7) is 3.58. The Labute approximate surface area is 92.3 Å². The van der Waals surface area contributed by atoms with Crippen LogP contribution in [0.4, 0.5) is 5.69 Å². The van der Waals surface area contributed by atoms with Crippen molar-refractivity contribution in [3.8, 4) is 0 Å². The lowest BCUT2D eigenvalue weighted by molar-refractivity contribution is -0.385. The second-order valence-electron chi connectivity index (χ2n) is 3.07. The molecule has 0 aliphatic heterocycles. The smallest absolute Gasteiger partial charge is 0.274 e. The molecule has 0 bridgehead atoms. The van der Waals surface area contributed by atoms with Gasteiger partial charge >= 0.3 is 0 Å². The van der Waals surface area contributed by atoms with Gasteiger partial charge in [-0.05, 0) is 19.9 Å². The topological polar surface area (TPSA) is 81.5 Å². The molecule has 16 heavy (non-hydrogen) atoms. The molecule has 1 amide bonds. The van der Waals surface area contributed by atoms with Crippen LogP contribution in [0.15, 0.2) is 18.2 Å². The van der Waals surface area contributed by atoms with E-state index < -0.39 is 10.8 Å². The molecule has 1 rings (SSSR count). The Bertz CT molecular complexity index is 417. The molecule has 6 heteroatoms. The minimum atomic E-state index is -0.521. The molecule has 0 radical (unpaired) electrons. The molecule has 0 atom stereocenters. The van der Waals surface area contributed by atoms with Crippen LogP contribution in [0.5, 0.6) is 0 Å². The van der Waals surface area contributed by atoms with Gasteiger partial charge in [-0.3, -0.25) is 19.7 Å². The number of nitro groups is 1. The van der Waals surface area contributed by atoms with Gasteiger partial charge in [-0.25, -0.2) is 5.48 Å². The minimum absolute atomic E-state index is 0.0795. The number of hydrogen-bond acceptors (Lipinski definition) is 4. The van der Waals surface area contributed by atoms with Crippen LogP contribution in [0.2, 0.25) is 0 Å². The number of amides is 1.